The first kappa shape index (κ1) is 10.3. The van der Waals surface area contributed by atoms with Gasteiger partial charge in [-0.15, -0.1) is 0 Å². The van der Waals surface area contributed by atoms with E-state index in [0.717, 1.165) is 19.3 Å². The number of Topliss-reactive ketones (excluding diaryl/α,β-unsaturated/α-hetero) is 1. The van der Waals surface area contributed by atoms with E-state index in [0.29, 0.717) is 18.7 Å². The maximum absolute atomic E-state index is 11.7. The monoisotopic (exact) mass is 208 g/mol. The zero-order valence-electron chi connectivity index (χ0n) is 8.94. The molecule has 0 radical (unpaired) electrons. The highest BCUT2D eigenvalue weighted by molar-refractivity contribution is 5.81. The highest BCUT2D eigenvalue weighted by Gasteiger charge is 2.34. The van der Waals surface area contributed by atoms with Crippen LogP contribution in [-0.2, 0) is 18.3 Å². The number of nitrogens with zero attached hydrogens (tertiary/aromatic N) is 3. The SMILES string of the molecule is Cn1ncnc1CC(=O)CC1(N)CCC1. The second-order valence-corrected chi connectivity index (χ2v) is 4.41. The Kier molecular flexibility index (Phi) is 2.56. The van der Waals surface area contributed by atoms with Crippen LogP contribution in [0.3, 0.4) is 0 Å². The van der Waals surface area contributed by atoms with Crippen LogP contribution in [0, 0.1) is 0 Å². The third kappa shape index (κ3) is 2.23. The summed E-state index contributed by atoms with van der Waals surface area (Å²) >= 11 is 0. The number of aromatic nitrogens is 3. The lowest BCUT2D eigenvalue weighted by Gasteiger charge is -2.37. The first-order valence-electron chi connectivity index (χ1n) is 5.22. The predicted octanol–water partition coefficient (Wildman–Crippen LogP) is 0.198. The molecule has 0 amide bonds. The summed E-state index contributed by atoms with van der Waals surface area (Å²) in [6, 6.07) is 0. The van der Waals surface area contributed by atoms with Gasteiger partial charge in [0.05, 0.1) is 6.42 Å². The fourth-order valence-electron chi connectivity index (χ4n) is 1.92. The van der Waals surface area contributed by atoms with E-state index in [1.165, 1.54) is 6.33 Å². The maximum Gasteiger partial charge on any atom is 0.142 e. The number of nitrogens with two attached hydrogens (primary N) is 1. The molecule has 0 aromatic carbocycles. The molecular weight excluding hydrogens is 192 g/mol. The zero-order valence-corrected chi connectivity index (χ0v) is 8.94. The average Bonchev–Trinajstić information content (AvgIpc) is 2.49. The van der Waals surface area contributed by atoms with Gasteiger partial charge in [0, 0.05) is 19.0 Å². The molecule has 1 saturated carbocycles. The number of carbonyl (C=O) groups is 1. The third-order valence-corrected chi connectivity index (χ3v) is 3.06. The minimum atomic E-state index is -0.227. The molecule has 1 fully saturated rings. The Morgan fingerprint density at radius 2 is 2.40 bits per heavy atom. The summed E-state index contributed by atoms with van der Waals surface area (Å²) in [6.07, 6.45) is 5.36. The first-order chi connectivity index (χ1) is 7.09. The molecule has 1 aromatic heterocycles. The van der Waals surface area contributed by atoms with E-state index < -0.39 is 0 Å². The molecule has 0 atom stereocenters. The van der Waals surface area contributed by atoms with E-state index in [4.69, 9.17) is 5.73 Å². The van der Waals surface area contributed by atoms with Crippen LogP contribution in [0.15, 0.2) is 6.33 Å². The minimum Gasteiger partial charge on any atom is -0.325 e. The molecule has 82 valence electrons. The normalized spacial score (nSPS) is 18.5. The van der Waals surface area contributed by atoms with Gasteiger partial charge in [-0.25, -0.2) is 4.98 Å². The summed E-state index contributed by atoms with van der Waals surface area (Å²) < 4.78 is 1.63. The van der Waals surface area contributed by atoms with E-state index in [1.54, 1.807) is 11.7 Å². The number of hydrogen-bond donors (Lipinski definition) is 1. The standard InChI is InChI=1S/C10H16N4O/c1-14-9(12-7-13-14)5-8(15)6-10(11)3-2-4-10/h7H,2-6,11H2,1H3. The van der Waals surface area contributed by atoms with Gasteiger partial charge in [-0.1, -0.05) is 0 Å². The van der Waals surface area contributed by atoms with Gasteiger partial charge >= 0.3 is 0 Å². The van der Waals surface area contributed by atoms with Gasteiger partial charge in [-0.2, -0.15) is 5.10 Å². The minimum absolute atomic E-state index is 0.160. The van der Waals surface area contributed by atoms with Crippen LogP contribution in [0.2, 0.25) is 0 Å². The van der Waals surface area contributed by atoms with Crippen molar-refractivity contribution in [1.82, 2.24) is 14.8 Å². The van der Waals surface area contributed by atoms with Crippen molar-refractivity contribution in [1.29, 1.82) is 0 Å². The van der Waals surface area contributed by atoms with Crippen LogP contribution in [0.25, 0.3) is 0 Å². The molecule has 1 aliphatic carbocycles. The molecule has 0 bridgehead atoms. The largest absolute Gasteiger partial charge is 0.325 e. The summed E-state index contributed by atoms with van der Waals surface area (Å²) in [7, 11) is 1.79. The lowest BCUT2D eigenvalue weighted by Crippen LogP contribution is -2.48. The summed E-state index contributed by atoms with van der Waals surface area (Å²) in [5.74, 6) is 0.872. The quantitative estimate of drug-likeness (QED) is 0.767. The Balaban J connectivity index is 1.90. The fraction of sp³-hybridized carbons (Fsp3) is 0.700. The van der Waals surface area contributed by atoms with Crippen LogP contribution in [0.4, 0.5) is 0 Å². The molecular formula is C10H16N4O. The molecule has 0 saturated heterocycles. The van der Waals surface area contributed by atoms with Gasteiger partial charge in [0.2, 0.25) is 0 Å². The van der Waals surface area contributed by atoms with Gasteiger partial charge in [-0.3, -0.25) is 9.48 Å². The van der Waals surface area contributed by atoms with E-state index >= 15 is 0 Å². The maximum atomic E-state index is 11.7. The number of carbonyl (C=O) groups excluding carboxylic acids is 1. The van der Waals surface area contributed by atoms with E-state index in [9.17, 15) is 4.79 Å². The van der Waals surface area contributed by atoms with Crippen molar-refractivity contribution < 1.29 is 4.79 Å². The Bertz CT molecular complexity index is 367. The van der Waals surface area contributed by atoms with Crippen LogP contribution in [0.1, 0.15) is 31.5 Å². The Morgan fingerprint density at radius 1 is 1.67 bits per heavy atom. The van der Waals surface area contributed by atoms with E-state index in [2.05, 4.69) is 10.1 Å². The van der Waals surface area contributed by atoms with Crippen molar-refractivity contribution in [2.75, 3.05) is 0 Å². The lowest BCUT2D eigenvalue weighted by atomic mass is 9.74. The molecule has 1 aromatic rings. The highest BCUT2D eigenvalue weighted by atomic mass is 16.1. The second-order valence-electron chi connectivity index (χ2n) is 4.41. The van der Waals surface area contributed by atoms with Gasteiger partial charge < -0.3 is 5.73 Å². The summed E-state index contributed by atoms with van der Waals surface area (Å²) in [5, 5.41) is 3.92. The third-order valence-electron chi connectivity index (χ3n) is 3.06. The van der Waals surface area contributed by atoms with Crippen molar-refractivity contribution >= 4 is 5.78 Å². The lowest BCUT2D eigenvalue weighted by molar-refractivity contribution is -0.120. The molecule has 1 aliphatic rings. The molecule has 15 heavy (non-hydrogen) atoms. The molecule has 0 spiro atoms. The van der Waals surface area contributed by atoms with Gasteiger partial charge in [0.15, 0.2) is 0 Å². The number of hydrogen-bond acceptors (Lipinski definition) is 4. The van der Waals surface area contributed by atoms with E-state index in [-0.39, 0.29) is 11.3 Å². The topological polar surface area (TPSA) is 73.8 Å². The van der Waals surface area contributed by atoms with Crippen LogP contribution in [-0.4, -0.2) is 26.1 Å². The smallest absolute Gasteiger partial charge is 0.142 e. The molecule has 2 rings (SSSR count). The first-order valence-corrected chi connectivity index (χ1v) is 5.22. The molecule has 0 aliphatic heterocycles. The molecule has 5 nitrogen and oxygen atoms in total. The van der Waals surface area contributed by atoms with Crippen LogP contribution >= 0.6 is 0 Å². The van der Waals surface area contributed by atoms with Crippen molar-refractivity contribution in [2.24, 2.45) is 12.8 Å². The molecule has 0 unspecified atom stereocenters. The number of aryl methyl sites for hydroxylation is 1. The fourth-order valence-corrected chi connectivity index (χ4v) is 1.92. The Hall–Kier alpha value is -1.23. The van der Waals surface area contributed by atoms with Crippen molar-refractivity contribution in [3.05, 3.63) is 12.2 Å². The molecule has 2 N–H and O–H groups in total. The zero-order chi connectivity index (χ0) is 10.9. The summed E-state index contributed by atoms with van der Waals surface area (Å²) in [5.41, 5.74) is 5.78. The van der Waals surface area contributed by atoms with Crippen LogP contribution < -0.4 is 5.73 Å². The predicted molar refractivity (Wildman–Crippen MR) is 55.1 cm³/mol. The molecule has 5 heteroatoms. The van der Waals surface area contributed by atoms with Gasteiger partial charge in [0.1, 0.15) is 17.9 Å². The molecule has 1 heterocycles. The van der Waals surface area contributed by atoms with Crippen LogP contribution in [0.5, 0.6) is 0 Å². The number of ketones is 1. The number of rotatable bonds is 4. The summed E-state index contributed by atoms with van der Waals surface area (Å²) in [4.78, 5) is 15.7. The summed E-state index contributed by atoms with van der Waals surface area (Å²) in [6.45, 7) is 0. The average molecular weight is 208 g/mol. The van der Waals surface area contributed by atoms with Crippen molar-refractivity contribution in [3.8, 4) is 0 Å². The van der Waals surface area contributed by atoms with Crippen molar-refractivity contribution in [3.63, 3.8) is 0 Å². The highest BCUT2D eigenvalue weighted by Crippen LogP contribution is 2.32. The van der Waals surface area contributed by atoms with Crippen molar-refractivity contribution in [2.45, 2.75) is 37.6 Å². The van der Waals surface area contributed by atoms with Gasteiger partial charge in [-0.05, 0) is 19.3 Å². The van der Waals surface area contributed by atoms with E-state index in [1.807, 2.05) is 0 Å². The Morgan fingerprint density at radius 3 is 2.87 bits per heavy atom. The van der Waals surface area contributed by atoms with Gasteiger partial charge in [0.25, 0.3) is 0 Å². The second kappa shape index (κ2) is 3.73. The Labute approximate surface area is 88.7 Å².